The minimum Gasteiger partial charge on any atom is -0.383 e. The van der Waals surface area contributed by atoms with Crippen LogP contribution in [0.2, 0.25) is 0 Å². The van der Waals surface area contributed by atoms with Gasteiger partial charge in [0.15, 0.2) is 4.96 Å². The van der Waals surface area contributed by atoms with Gasteiger partial charge >= 0.3 is 0 Å². The fourth-order valence-corrected chi connectivity index (χ4v) is 3.16. The Labute approximate surface area is 111 Å². The number of aryl methyl sites for hydroxylation is 1. The zero-order valence-electron chi connectivity index (χ0n) is 9.14. The van der Waals surface area contributed by atoms with Crippen LogP contribution >= 0.6 is 27.3 Å². The Balaban J connectivity index is 2.32. The van der Waals surface area contributed by atoms with E-state index in [1.807, 2.05) is 16.5 Å². The zero-order valence-corrected chi connectivity index (χ0v) is 11.5. The molecule has 0 unspecified atom stereocenters. The molecule has 0 spiro atoms. The third-order valence-electron chi connectivity index (χ3n) is 2.68. The van der Waals surface area contributed by atoms with Crippen molar-refractivity contribution in [1.82, 2.24) is 9.38 Å². The van der Waals surface area contributed by atoms with Gasteiger partial charge in [-0.1, -0.05) is 28.1 Å². The van der Waals surface area contributed by atoms with Crippen LogP contribution in [0, 0.1) is 6.92 Å². The highest BCUT2D eigenvalue weighted by Crippen LogP contribution is 2.33. The van der Waals surface area contributed by atoms with Crippen molar-refractivity contribution in [1.29, 1.82) is 0 Å². The average Bonchev–Trinajstić information content (AvgIpc) is 2.80. The molecule has 0 saturated heterocycles. The minimum atomic E-state index is 0.683. The lowest BCUT2D eigenvalue weighted by Gasteiger charge is -2.03. The first-order valence-corrected chi connectivity index (χ1v) is 6.76. The van der Waals surface area contributed by atoms with Crippen LogP contribution in [0.3, 0.4) is 0 Å². The van der Waals surface area contributed by atoms with E-state index < -0.39 is 0 Å². The summed E-state index contributed by atoms with van der Waals surface area (Å²) in [7, 11) is 0. The Bertz CT molecular complexity index is 682. The molecule has 1 aromatic carbocycles. The highest BCUT2D eigenvalue weighted by Gasteiger charge is 2.13. The Morgan fingerprint density at radius 2 is 2.00 bits per heavy atom. The van der Waals surface area contributed by atoms with Gasteiger partial charge < -0.3 is 5.73 Å². The SMILES string of the molecule is Cc1sc2ncc(N)n2c1-c1ccc(Br)cc1. The summed E-state index contributed by atoms with van der Waals surface area (Å²) in [6.07, 6.45) is 1.70. The van der Waals surface area contributed by atoms with E-state index in [1.165, 1.54) is 4.88 Å². The van der Waals surface area contributed by atoms with Gasteiger partial charge in [-0.05, 0) is 24.6 Å². The van der Waals surface area contributed by atoms with Crippen LogP contribution in [0.25, 0.3) is 16.2 Å². The van der Waals surface area contributed by atoms with Crippen LogP contribution in [0.15, 0.2) is 34.9 Å². The number of hydrogen-bond acceptors (Lipinski definition) is 3. The maximum atomic E-state index is 5.96. The number of thiazole rings is 1. The van der Waals surface area contributed by atoms with Crippen molar-refractivity contribution >= 4 is 38.0 Å². The molecule has 3 aromatic rings. The molecule has 0 aliphatic rings. The summed E-state index contributed by atoms with van der Waals surface area (Å²) in [4.78, 5) is 6.46. The van der Waals surface area contributed by atoms with E-state index in [0.29, 0.717) is 5.82 Å². The lowest BCUT2D eigenvalue weighted by atomic mass is 10.1. The Kier molecular flexibility index (Phi) is 2.45. The van der Waals surface area contributed by atoms with Gasteiger partial charge in [-0.2, -0.15) is 0 Å². The summed E-state index contributed by atoms with van der Waals surface area (Å²) in [5.41, 5.74) is 8.24. The lowest BCUT2D eigenvalue weighted by Crippen LogP contribution is -1.93. The molecule has 0 atom stereocenters. The van der Waals surface area contributed by atoms with Crippen molar-refractivity contribution in [3.05, 3.63) is 39.8 Å². The van der Waals surface area contributed by atoms with Gasteiger partial charge in [-0.3, -0.25) is 4.40 Å². The zero-order chi connectivity index (χ0) is 12.0. The van der Waals surface area contributed by atoms with E-state index in [9.17, 15) is 0 Å². The van der Waals surface area contributed by atoms with Gasteiger partial charge in [-0.15, -0.1) is 11.3 Å². The molecule has 0 aliphatic carbocycles. The number of nitrogens with two attached hydrogens (primary N) is 1. The second kappa shape index (κ2) is 3.85. The maximum Gasteiger partial charge on any atom is 0.196 e. The molecule has 17 heavy (non-hydrogen) atoms. The van der Waals surface area contributed by atoms with E-state index in [-0.39, 0.29) is 0 Å². The van der Waals surface area contributed by atoms with E-state index in [0.717, 1.165) is 20.7 Å². The molecule has 0 bridgehead atoms. The second-order valence-corrected chi connectivity index (χ2v) is 5.91. The minimum absolute atomic E-state index is 0.683. The molecule has 2 N–H and O–H groups in total. The van der Waals surface area contributed by atoms with Crippen molar-refractivity contribution < 1.29 is 0 Å². The van der Waals surface area contributed by atoms with Crippen molar-refractivity contribution in [3.8, 4) is 11.3 Å². The summed E-state index contributed by atoms with van der Waals surface area (Å²) < 4.78 is 3.08. The predicted molar refractivity (Wildman–Crippen MR) is 75.4 cm³/mol. The molecule has 3 nitrogen and oxygen atoms in total. The first-order chi connectivity index (χ1) is 8.16. The van der Waals surface area contributed by atoms with Crippen molar-refractivity contribution in [2.45, 2.75) is 6.92 Å². The van der Waals surface area contributed by atoms with E-state index in [2.05, 4.69) is 40.0 Å². The number of rotatable bonds is 1. The van der Waals surface area contributed by atoms with Crippen molar-refractivity contribution in [2.24, 2.45) is 0 Å². The number of imidazole rings is 1. The first kappa shape index (κ1) is 10.8. The number of nitrogens with zero attached hydrogens (tertiary/aromatic N) is 2. The van der Waals surface area contributed by atoms with Gasteiger partial charge in [0.2, 0.25) is 0 Å². The van der Waals surface area contributed by atoms with Crippen LogP contribution in [0.1, 0.15) is 4.88 Å². The lowest BCUT2D eigenvalue weighted by molar-refractivity contribution is 1.23. The number of anilines is 1. The molecular formula is C12H10BrN3S. The molecule has 2 aromatic heterocycles. The summed E-state index contributed by atoms with van der Waals surface area (Å²) in [5, 5.41) is 0. The van der Waals surface area contributed by atoms with E-state index in [4.69, 9.17) is 5.73 Å². The number of hydrogen-bond donors (Lipinski definition) is 1. The fourth-order valence-electron chi connectivity index (χ4n) is 1.93. The van der Waals surface area contributed by atoms with Gasteiger partial charge in [0, 0.05) is 9.35 Å². The molecular weight excluding hydrogens is 298 g/mol. The smallest absolute Gasteiger partial charge is 0.196 e. The standard InChI is InChI=1S/C12H10BrN3S/c1-7-11(8-2-4-9(13)5-3-8)16-10(14)6-15-12(16)17-7/h2-6H,14H2,1H3. The molecule has 5 heteroatoms. The Morgan fingerprint density at radius 1 is 1.29 bits per heavy atom. The van der Waals surface area contributed by atoms with Crippen LogP contribution in [0.4, 0.5) is 5.82 Å². The number of nitrogen functional groups attached to an aromatic ring is 1. The number of fused-ring (bicyclic) bond motifs is 1. The third-order valence-corrected chi connectivity index (χ3v) is 4.17. The molecule has 2 heterocycles. The highest BCUT2D eigenvalue weighted by atomic mass is 79.9. The Morgan fingerprint density at radius 3 is 2.71 bits per heavy atom. The highest BCUT2D eigenvalue weighted by molar-refractivity contribution is 9.10. The van der Waals surface area contributed by atoms with E-state index in [1.54, 1.807) is 17.5 Å². The molecule has 0 amide bonds. The van der Waals surface area contributed by atoms with Crippen molar-refractivity contribution in [2.75, 3.05) is 5.73 Å². The summed E-state index contributed by atoms with van der Waals surface area (Å²) in [6, 6.07) is 8.23. The maximum absolute atomic E-state index is 5.96. The summed E-state index contributed by atoms with van der Waals surface area (Å²) in [6.45, 7) is 2.09. The largest absolute Gasteiger partial charge is 0.383 e. The topological polar surface area (TPSA) is 43.3 Å². The number of aromatic nitrogens is 2. The molecule has 0 saturated carbocycles. The third kappa shape index (κ3) is 1.66. The molecule has 0 aliphatic heterocycles. The molecule has 3 rings (SSSR count). The summed E-state index contributed by atoms with van der Waals surface area (Å²) >= 11 is 5.10. The van der Waals surface area contributed by atoms with Gasteiger partial charge in [0.1, 0.15) is 5.82 Å². The van der Waals surface area contributed by atoms with Gasteiger partial charge in [0.25, 0.3) is 0 Å². The normalized spacial score (nSPS) is 11.2. The monoisotopic (exact) mass is 307 g/mol. The van der Waals surface area contributed by atoms with Gasteiger partial charge in [0.05, 0.1) is 11.9 Å². The molecule has 86 valence electrons. The van der Waals surface area contributed by atoms with Crippen LogP contribution in [-0.2, 0) is 0 Å². The quantitative estimate of drug-likeness (QED) is 0.744. The first-order valence-electron chi connectivity index (χ1n) is 5.15. The fraction of sp³-hybridized carbons (Fsp3) is 0.0833. The van der Waals surface area contributed by atoms with Crippen LogP contribution in [-0.4, -0.2) is 9.38 Å². The number of benzene rings is 1. The van der Waals surface area contributed by atoms with E-state index >= 15 is 0 Å². The van der Waals surface area contributed by atoms with Crippen molar-refractivity contribution in [3.63, 3.8) is 0 Å². The second-order valence-electron chi connectivity index (χ2n) is 3.81. The van der Waals surface area contributed by atoms with Crippen LogP contribution in [0.5, 0.6) is 0 Å². The van der Waals surface area contributed by atoms with Crippen LogP contribution < -0.4 is 5.73 Å². The molecule has 0 fully saturated rings. The van der Waals surface area contributed by atoms with Gasteiger partial charge in [-0.25, -0.2) is 4.98 Å². The predicted octanol–water partition coefficient (Wildman–Crippen LogP) is 3.72. The average molecular weight is 308 g/mol. The number of halogens is 1. The summed E-state index contributed by atoms with van der Waals surface area (Å²) in [5.74, 6) is 0.683. The molecule has 0 radical (unpaired) electrons. The Hall–Kier alpha value is -1.33.